The normalized spacial score (nSPS) is 13.5. The summed E-state index contributed by atoms with van der Waals surface area (Å²) in [6.45, 7) is 4.62. The van der Waals surface area contributed by atoms with E-state index in [1.807, 2.05) is 0 Å². The van der Waals surface area contributed by atoms with Gasteiger partial charge in [0, 0.05) is 13.5 Å². The zero-order valence-corrected chi connectivity index (χ0v) is 17.4. The van der Waals surface area contributed by atoms with E-state index in [1.54, 1.807) is 0 Å². The summed E-state index contributed by atoms with van der Waals surface area (Å²) in [5.74, 6) is -2.50. The first kappa shape index (κ1) is 25.6. The lowest BCUT2D eigenvalue weighted by Crippen LogP contribution is -2.54. The van der Waals surface area contributed by atoms with Crippen LogP contribution in [0.2, 0.25) is 0 Å². The molecular weight excluding hydrogens is 392 g/mol. The van der Waals surface area contributed by atoms with Crippen molar-refractivity contribution in [1.29, 1.82) is 0 Å². The fourth-order valence-electron chi connectivity index (χ4n) is 2.23. The van der Waals surface area contributed by atoms with Gasteiger partial charge in [-0.2, -0.15) is 0 Å². The summed E-state index contributed by atoms with van der Waals surface area (Å²) >= 11 is 5.39. The monoisotopic (exact) mass is 420 g/mol. The fraction of sp³-hybridized carbons (Fsp3) is 0.706. The van der Waals surface area contributed by atoms with Gasteiger partial charge in [0.15, 0.2) is 0 Å². The van der Waals surface area contributed by atoms with Gasteiger partial charge in [0.05, 0.1) is 7.11 Å². The lowest BCUT2D eigenvalue weighted by Gasteiger charge is -2.22. The van der Waals surface area contributed by atoms with E-state index >= 15 is 0 Å². The Labute approximate surface area is 169 Å². The minimum atomic E-state index is -0.917. The van der Waals surface area contributed by atoms with Crippen LogP contribution in [0.5, 0.6) is 0 Å². The van der Waals surface area contributed by atoms with Crippen LogP contribution in [0.4, 0.5) is 0 Å². The number of hydrogen-bond donors (Lipinski definition) is 4. The summed E-state index contributed by atoms with van der Waals surface area (Å²) in [4.78, 5) is 58.4. The molecule has 0 spiro atoms. The van der Waals surface area contributed by atoms with Gasteiger partial charge < -0.3 is 26.0 Å². The Morgan fingerprint density at radius 3 is 2.11 bits per heavy atom. The summed E-state index contributed by atoms with van der Waals surface area (Å²) in [7, 11) is 1.20. The lowest BCUT2D eigenvalue weighted by molar-refractivity contribution is -0.144. The van der Waals surface area contributed by atoms with Gasteiger partial charge in [-0.05, 0) is 33.1 Å². The number of methoxy groups -OCH3 is 1. The molecule has 0 unspecified atom stereocenters. The van der Waals surface area contributed by atoms with Gasteiger partial charge in [0.25, 0.3) is 0 Å². The molecule has 3 atom stereocenters. The van der Waals surface area contributed by atoms with Gasteiger partial charge in [0.1, 0.15) is 24.0 Å². The van der Waals surface area contributed by atoms with Crippen LogP contribution in [0.15, 0.2) is 0 Å². The van der Waals surface area contributed by atoms with Crippen molar-refractivity contribution in [1.82, 2.24) is 21.3 Å². The number of alkyl halides is 1. The molecule has 10 nitrogen and oxygen atoms in total. The Balaban J connectivity index is 4.83. The van der Waals surface area contributed by atoms with Gasteiger partial charge in [0.2, 0.25) is 23.6 Å². The van der Waals surface area contributed by atoms with Crippen molar-refractivity contribution in [2.24, 2.45) is 0 Å². The summed E-state index contributed by atoms with van der Waals surface area (Å²) in [6, 6.07) is -2.62. The lowest BCUT2D eigenvalue weighted by atomic mass is 10.1. The van der Waals surface area contributed by atoms with Crippen molar-refractivity contribution in [2.75, 3.05) is 19.5 Å². The van der Waals surface area contributed by atoms with E-state index in [0.717, 1.165) is 0 Å². The van der Waals surface area contributed by atoms with E-state index in [-0.39, 0.29) is 24.1 Å². The highest BCUT2D eigenvalue weighted by Gasteiger charge is 2.26. The second kappa shape index (κ2) is 13.8. The zero-order chi connectivity index (χ0) is 21.7. The van der Waals surface area contributed by atoms with Crippen molar-refractivity contribution < 1.29 is 28.7 Å². The molecule has 0 aliphatic carbocycles. The Hall–Kier alpha value is -2.36. The van der Waals surface area contributed by atoms with E-state index in [4.69, 9.17) is 11.6 Å². The molecular formula is C17H29ClN4O6. The number of hydrogen-bond acceptors (Lipinski definition) is 6. The van der Waals surface area contributed by atoms with E-state index < -0.39 is 35.9 Å². The van der Waals surface area contributed by atoms with Crippen LogP contribution >= 0.6 is 11.6 Å². The average Bonchev–Trinajstić information content (AvgIpc) is 2.64. The molecule has 0 rings (SSSR count). The van der Waals surface area contributed by atoms with Crippen LogP contribution in [0.1, 0.15) is 40.0 Å². The van der Waals surface area contributed by atoms with Gasteiger partial charge in [-0.15, -0.1) is 11.6 Å². The van der Waals surface area contributed by atoms with Gasteiger partial charge in [-0.3, -0.25) is 19.2 Å². The van der Waals surface area contributed by atoms with Gasteiger partial charge in [-0.25, -0.2) is 4.79 Å². The standard InChI is InChI=1S/C17H29ClN4O6/c1-10(20-12(3)23)15(25)22-13(7-5-6-8-19-14(24)9-18)16(26)21-11(2)17(27)28-4/h10-11,13H,5-9H2,1-4H3,(H,19,24)(H,20,23)(H,21,26)(H,22,25)/t10-,11-,13-/m0/s1. The second-order valence-corrected chi connectivity index (χ2v) is 6.48. The first-order chi connectivity index (χ1) is 13.1. The maximum absolute atomic E-state index is 12.5. The summed E-state index contributed by atoms with van der Waals surface area (Å²) in [5.41, 5.74) is 0. The summed E-state index contributed by atoms with van der Waals surface area (Å²) < 4.78 is 4.56. The number of unbranched alkanes of at least 4 members (excludes halogenated alkanes) is 1. The predicted octanol–water partition coefficient (Wildman–Crippen LogP) is -0.801. The molecule has 28 heavy (non-hydrogen) atoms. The Morgan fingerprint density at radius 2 is 1.57 bits per heavy atom. The van der Waals surface area contributed by atoms with Crippen molar-refractivity contribution in [3.8, 4) is 0 Å². The van der Waals surface area contributed by atoms with Crippen LogP contribution in [0, 0.1) is 0 Å². The maximum Gasteiger partial charge on any atom is 0.328 e. The number of ether oxygens (including phenoxy) is 1. The quantitative estimate of drug-likeness (QED) is 0.185. The van der Waals surface area contributed by atoms with Crippen molar-refractivity contribution >= 4 is 41.2 Å². The first-order valence-corrected chi connectivity index (χ1v) is 9.44. The maximum atomic E-state index is 12.5. The minimum absolute atomic E-state index is 0.131. The van der Waals surface area contributed by atoms with Crippen molar-refractivity contribution in [2.45, 2.75) is 58.2 Å². The molecule has 11 heteroatoms. The van der Waals surface area contributed by atoms with Crippen LogP contribution in [0.3, 0.4) is 0 Å². The number of halogens is 1. The molecule has 0 radical (unpaired) electrons. The molecule has 0 heterocycles. The van der Waals surface area contributed by atoms with E-state index in [9.17, 15) is 24.0 Å². The molecule has 0 aromatic rings. The molecule has 0 saturated heterocycles. The highest BCUT2D eigenvalue weighted by molar-refractivity contribution is 6.27. The Morgan fingerprint density at radius 1 is 0.929 bits per heavy atom. The van der Waals surface area contributed by atoms with E-state index in [2.05, 4.69) is 26.0 Å². The number of carbonyl (C=O) groups excluding carboxylic acids is 5. The minimum Gasteiger partial charge on any atom is -0.467 e. The molecule has 0 aromatic carbocycles. The number of esters is 1. The van der Waals surface area contributed by atoms with Crippen LogP contribution < -0.4 is 21.3 Å². The third-order valence-corrected chi connectivity index (χ3v) is 3.97. The fourth-order valence-corrected chi connectivity index (χ4v) is 2.33. The topological polar surface area (TPSA) is 143 Å². The molecule has 0 bridgehead atoms. The molecule has 0 aliphatic rings. The highest BCUT2D eigenvalue weighted by atomic mass is 35.5. The Kier molecular flexibility index (Phi) is 12.6. The molecule has 0 fully saturated rings. The smallest absolute Gasteiger partial charge is 0.328 e. The van der Waals surface area contributed by atoms with Crippen molar-refractivity contribution in [3.63, 3.8) is 0 Å². The van der Waals surface area contributed by atoms with Crippen molar-refractivity contribution in [3.05, 3.63) is 0 Å². The first-order valence-electron chi connectivity index (χ1n) is 8.90. The average molecular weight is 421 g/mol. The predicted molar refractivity (Wildman–Crippen MR) is 102 cm³/mol. The number of rotatable bonds is 12. The molecule has 4 amide bonds. The summed E-state index contributed by atoms with van der Waals surface area (Å²) in [6.07, 6.45) is 1.35. The molecule has 160 valence electrons. The van der Waals surface area contributed by atoms with E-state index in [1.165, 1.54) is 27.9 Å². The van der Waals surface area contributed by atoms with Crippen LogP contribution in [-0.4, -0.2) is 67.3 Å². The largest absolute Gasteiger partial charge is 0.467 e. The number of carbonyl (C=O) groups is 5. The molecule has 0 aromatic heterocycles. The number of amides is 4. The van der Waals surface area contributed by atoms with Gasteiger partial charge >= 0.3 is 5.97 Å². The molecule has 0 aliphatic heterocycles. The zero-order valence-electron chi connectivity index (χ0n) is 16.6. The second-order valence-electron chi connectivity index (χ2n) is 6.22. The third-order valence-electron chi connectivity index (χ3n) is 3.72. The molecule has 4 N–H and O–H groups in total. The summed E-state index contributed by atoms with van der Waals surface area (Å²) in [5, 5.41) is 10.1. The van der Waals surface area contributed by atoms with Crippen LogP contribution in [-0.2, 0) is 28.7 Å². The molecule has 0 saturated carbocycles. The van der Waals surface area contributed by atoms with Crippen LogP contribution in [0.25, 0.3) is 0 Å². The number of nitrogens with one attached hydrogen (secondary N) is 4. The van der Waals surface area contributed by atoms with E-state index in [0.29, 0.717) is 19.4 Å². The van der Waals surface area contributed by atoms with Gasteiger partial charge in [-0.1, -0.05) is 0 Å². The third kappa shape index (κ3) is 10.7. The highest BCUT2D eigenvalue weighted by Crippen LogP contribution is 2.03. The SMILES string of the molecule is COC(=O)[C@H](C)NC(=O)[C@H](CCCCNC(=O)CCl)NC(=O)[C@H](C)NC(C)=O. The Bertz CT molecular complexity index is 572.